The van der Waals surface area contributed by atoms with Gasteiger partial charge in [-0.05, 0) is 123 Å². The summed E-state index contributed by atoms with van der Waals surface area (Å²) >= 11 is 0. The van der Waals surface area contributed by atoms with E-state index in [0.717, 1.165) is 62.9 Å². The summed E-state index contributed by atoms with van der Waals surface area (Å²) in [5.74, 6) is 0.0364. The molecule has 52 heavy (non-hydrogen) atoms. The van der Waals surface area contributed by atoms with Crippen molar-refractivity contribution in [1.82, 2.24) is 25.8 Å². The molecule has 274 valence electrons. The minimum Gasteiger partial charge on any atom is -0.506 e. The summed E-state index contributed by atoms with van der Waals surface area (Å²) in [5.41, 5.74) is 4.54. The average molecular weight is 708 g/mol. The zero-order chi connectivity index (χ0) is 36.2. The zero-order valence-corrected chi connectivity index (χ0v) is 29.7. The molecule has 3 aliphatic heterocycles. The van der Waals surface area contributed by atoms with E-state index in [-0.39, 0.29) is 29.3 Å². The SMILES string of the molecule is Cc1cccc2c1CCC2(NCc1cccc(C(=O)NCCCCNC[C@H](O)c2ccc(O)c3[nH]c(=O)ccc23)c1)C(=O)O[C@H]1CN2CCC1CC2. The van der Waals surface area contributed by atoms with Crippen molar-refractivity contribution in [2.45, 2.75) is 69.7 Å². The zero-order valence-electron chi connectivity index (χ0n) is 29.7. The van der Waals surface area contributed by atoms with Gasteiger partial charge in [-0.1, -0.05) is 36.4 Å². The third-order valence-electron chi connectivity index (χ3n) is 11.3. The molecule has 1 unspecified atom stereocenters. The summed E-state index contributed by atoms with van der Waals surface area (Å²) in [6.45, 7) is 6.96. The molecule has 0 spiro atoms. The summed E-state index contributed by atoms with van der Waals surface area (Å²) in [6.07, 6.45) is 4.25. The van der Waals surface area contributed by atoms with Gasteiger partial charge in [0.25, 0.3) is 5.91 Å². The van der Waals surface area contributed by atoms with Gasteiger partial charge in [-0.25, -0.2) is 4.79 Å². The number of fused-ring (bicyclic) bond motifs is 5. The van der Waals surface area contributed by atoms with E-state index >= 15 is 0 Å². The Hall–Kier alpha value is -4.55. The van der Waals surface area contributed by atoms with Crippen LogP contribution in [0, 0.1) is 12.8 Å². The summed E-state index contributed by atoms with van der Waals surface area (Å²) in [4.78, 5) is 44.0. The second-order valence-corrected chi connectivity index (χ2v) is 14.6. The van der Waals surface area contributed by atoms with Gasteiger partial charge in [0, 0.05) is 43.2 Å². The van der Waals surface area contributed by atoms with Gasteiger partial charge in [0.1, 0.15) is 17.4 Å². The number of aliphatic hydroxyl groups is 1. The number of aryl methyl sites for hydroxylation is 1. The van der Waals surface area contributed by atoms with Crippen molar-refractivity contribution in [2.75, 3.05) is 39.3 Å². The summed E-state index contributed by atoms with van der Waals surface area (Å²) < 4.78 is 6.35. The highest BCUT2D eigenvalue weighted by atomic mass is 16.5. The van der Waals surface area contributed by atoms with Crippen LogP contribution in [0.25, 0.3) is 10.9 Å². The van der Waals surface area contributed by atoms with Crippen LogP contribution in [-0.2, 0) is 28.0 Å². The predicted octanol–water partition coefficient (Wildman–Crippen LogP) is 3.94. The molecule has 1 aliphatic carbocycles. The fraction of sp³-hybridized carbons (Fsp3) is 0.439. The fourth-order valence-electron chi connectivity index (χ4n) is 8.28. The Balaban J connectivity index is 0.900. The molecule has 1 amide bonds. The van der Waals surface area contributed by atoms with Gasteiger partial charge < -0.3 is 30.6 Å². The van der Waals surface area contributed by atoms with Gasteiger partial charge in [0.05, 0.1) is 11.6 Å². The molecular formula is C41H49N5O6. The van der Waals surface area contributed by atoms with Gasteiger partial charge in [-0.15, -0.1) is 0 Å². The monoisotopic (exact) mass is 707 g/mol. The van der Waals surface area contributed by atoms with Crippen molar-refractivity contribution in [3.8, 4) is 5.75 Å². The number of carbonyl (C=O) groups is 2. The highest BCUT2D eigenvalue weighted by Gasteiger charge is 2.49. The van der Waals surface area contributed by atoms with Crippen molar-refractivity contribution in [2.24, 2.45) is 5.92 Å². The number of nitrogens with zero attached hydrogens (tertiary/aromatic N) is 1. The number of hydrogen-bond donors (Lipinski definition) is 6. The molecule has 2 bridgehead atoms. The van der Waals surface area contributed by atoms with E-state index in [1.165, 1.54) is 23.3 Å². The number of phenols is 1. The lowest BCUT2D eigenvalue weighted by atomic mass is 9.85. The number of esters is 1. The molecule has 0 saturated carbocycles. The third kappa shape index (κ3) is 7.50. The number of rotatable bonds is 14. The minimum atomic E-state index is -0.937. The molecule has 11 heteroatoms. The number of benzene rings is 3. The lowest BCUT2D eigenvalue weighted by molar-refractivity contribution is -0.167. The Bertz CT molecular complexity index is 1990. The molecule has 6 N–H and O–H groups in total. The number of pyridine rings is 1. The number of hydrogen-bond acceptors (Lipinski definition) is 9. The standard InChI is InChI=1S/C41H49N5O6/c1-26-6-4-9-33-30(26)14-17-41(33,40(51)52-36-25-46-20-15-28(36)16-21-46)44-23-27-7-5-8-29(22-27)39(50)43-19-3-2-18-42-24-35(48)31-10-12-34(47)38-32(31)11-13-37(49)45-38/h4-13,22,28,35-36,42,44,47-48H,2-3,14-21,23-25H2,1H3,(H,43,50)(H,45,49)/t35-,36-,41?/m0/s1. The van der Waals surface area contributed by atoms with Gasteiger partial charge in [-0.2, -0.15) is 0 Å². The first-order chi connectivity index (χ1) is 25.2. The number of piperidine rings is 3. The quantitative estimate of drug-likeness (QED) is 0.0845. The molecule has 1 aromatic heterocycles. The smallest absolute Gasteiger partial charge is 0.331 e. The van der Waals surface area contributed by atoms with Crippen molar-refractivity contribution in [3.63, 3.8) is 0 Å². The van der Waals surface area contributed by atoms with E-state index in [4.69, 9.17) is 4.74 Å². The maximum absolute atomic E-state index is 14.2. The highest BCUT2D eigenvalue weighted by Crippen LogP contribution is 2.41. The molecule has 11 nitrogen and oxygen atoms in total. The molecule has 3 saturated heterocycles. The number of aliphatic hydroxyl groups excluding tert-OH is 1. The highest BCUT2D eigenvalue weighted by molar-refractivity contribution is 5.94. The Morgan fingerprint density at radius 2 is 1.85 bits per heavy atom. The number of ether oxygens (including phenoxy) is 1. The number of aromatic nitrogens is 1. The summed E-state index contributed by atoms with van der Waals surface area (Å²) in [7, 11) is 0. The molecule has 0 radical (unpaired) electrons. The van der Waals surface area contributed by atoms with Crippen LogP contribution in [0.3, 0.4) is 0 Å². The molecule has 3 atom stereocenters. The largest absolute Gasteiger partial charge is 0.506 e. The number of aromatic hydroxyl groups is 1. The summed E-state index contributed by atoms with van der Waals surface area (Å²) in [6, 6.07) is 19.8. The molecule has 4 heterocycles. The molecule has 4 aromatic rings. The van der Waals surface area contributed by atoms with Crippen LogP contribution < -0.4 is 21.5 Å². The van der Waals surface area contributed by atoms with Crippen molar-refractivity contribution in [3.05, 3.63) is 110 Å². The topological polar surface area (TPSA) is 156 Å². The van der Waals surface area contributed by atoms with Crippen LogP contribution in [0.5, 0.6) is 5.75 Å². The first-order valence-electron chi connectivity index (χ1n) is 18.6. The van der Waals surface area contributed by atoms with Crippen molar-refractivity contribution < 1.29 is 24.5 Å². The minimum absolute atomic E-state index is 0.0441. The lowest BCUT2D eigenvalue weighted by Crippen LogP contribution is -2.55. The van der Waals surface area contributed by atoms with Crippen LogP contribution in [0.1, 0.15) is 76.4 Å². The summed E-state index contributed by atoms with van der Waals surface area (Å²) in [5, 5.41) is 31.3. The van der Waals surface area contributed by atoms with Gasteiger partial charge in [0.2, 0.25) is 5.56 Å². The van der Waals surface area contributed by atoms with Gasteiger partial charge >= 0.3 is 5.97 Å². The predicted molar refractivity (Wildman–Crippen MR) is 199 cm³/mol. The van der Waals surface area contributed by atoms with Crippen LogP contribution >= 0.6 is 0 Å². The number of H-pyrrole nitrogens is 1. The van der Waals surface area contributed by atoms with E-state index in [9.17, 15) is 24.6 Å². The van der Waals surface area contributed by atoms with Crippen molar-refractivity contribution in [1.29, 1.82) is 0 Å². The number of aromatic amines is 1. The molecular weight excluding hydrogens is 658 g/mol. The normalized spacial score (nSPS) is 22.6. The second-order valence-electron chi connectivity index (χ2n) is 14.6. The van der Waals surface area contributed by atoms with Gasteiger partial charge in [0.15, 0.2) is 0 Å². The van der Waals surface area contributed by atoms with Crippen LogP contribution in [0.2, 0.25) is 0 Å². The van der Waals surface area contributed by atoms with Crippen molar-refractivity contribution >= 4 is 22.8 Å². The first kappa shape index (κ1) is 35.8. The maximum Gasteiger partial charge on any atom is 0.331 e. The Labute approximate surface area is 303 Å². The van der Waals surface area contributed by atoms with E-state index in [0.29, 0.717) is 60.5 Å². The number of carbonyl (C=O) groups excluding carboxylic acids is 2. The molecule has 3 aromatic carbocycles. The molecule has 3 fully saturated rings. The van der Waals surface area contributed by atoms with E-state index in [1.54, 1.807) is 18.2 Å². The van der Waals surface area contributed by atoms with Crippen LogP contribution in [0.4, 0.5) is 0 Å². The second kappa shape index (κ2) is 15.6. The molecule has 4 aliphatic rings. The number of unbranched alkanes of at least 4 members (excludes halogenated alkanes) is 1. The Morgan fingerprint density at radius 3 is 2.65 bits per heavy atom. The number of amides is 1. The maximum atomic E-state index is 14.2. The lowest BCUT2D eigenvalue weighted by Gasteiger charge is -2.45. The fourth-order valence-corrected chi connectivity index (χ4v) is 8.28. The average Bonchev–Trinajstić information content (AvgIpc) is 3.55. The van der Waals surface area contributed by atoms with Gasteiger partial charge in [-0.3, -0.25) is 19.8 Å². The number of phenolic OH excluding ortho intramolecular Hbond substituents is 1. The van der Waals surface area contributed by atoms with E-state index in [1.807, 2.05) is 24.3 Å². The molecule has 8 rings (SSSR count). The van der Waals surface area contributed by atoms with E-state index < -0.39 is 11.6 Å². The first-order valence-corrected chi connectivity index (χ1v) is 18.6. The van der Waals surface area contributed by atoms with E-state index in [2.05, 4.69) is 44.9 Å². The Kier molecular flexibility index (Phi) is 10.7. The van der Waals surface area contributed by atoms with Crippen LogP contribution in [0.15, 0.2) is 71.5 Å². The Morgan fingerprint density at radius 1 is 1.04 bits per heavy atom. The third-order valence-corrected chi connectivity index (χ3v) is 11.3. The number of nitrogens with one attached hydrogen (secondary N) is 4. The van der Waals surface area contributed by atoms with Crippen LogP contribution in [-0.4, -0.2) is 77.3 Å².